The summed E-state index contributed by atoms with van der Waals surface area (Å²) in [6.45, 7) is 2.43. The molecule has 1 atom stereocenters. The van der Waals surface area contributed by atoms with Gasteiger partial charge < -0.3 is 14.2 Å². The van der Waals surface area contributed by atoms with E-state index in [1.54, 1.807) is 18.2 Å². The number of rotatable bonds is 9. The Morgan fingerprint density at radius 3 is 2.69 bits per heavy atom. The Labute approximate surface area is 192 Å². The van der Waals surface area contributed by atoms with Crippen molar-refractivity contribution in [2.75, 3.05) is 12.9 Å². The molecule has 0 aliphatic rings. The van der Waals surface area contributed by atoms with Crippen LogP contribution in [-0.4, -0.2) is 26.2 Å². The SMILES string of the molecule is CCCOc1cc(Cl)c2sc(S(=O)(=O)NCP(=O)(O)Oc3ccc(C#N)c(F)c3)cc2c1. The number of benzene rings is 2. The van der Waals surface area contributed by atoms with Crippen LogP contribution in [0.4, 0.5) is 4.39 Å². The van der Waals surface area contributed by atoms with Crippen molar-refractivity contribution in [3.63, 3.8) is 0 Å². The fourth-order valence-corrected chi connectivity index (χ4v) is 6.82. The zero-order chi connectivity index (χ0) is 23.5. The molecule has 32 heavy (non-hydrogen) atoms. The number of sulfonamides is 1. The predicted molar refractivity (Wildman–Crippen MR) is 119 cm³/mol. The quantitative estimate of drug-likeness (QED) is 0.387. The molecule has 2 N–H and O–H groups in total. The van der Waals surface area contributed by atoms with Gasteiger partial charge in [0.1, 0.15) is 33.9 Å². The highest BCUT2D eigenvalue weighted by molar-refractivity contribution is 7.92. The summed E-state index contributed by atoms with van der Waals surface area (Å²) in [6.07, 6.45) is -0.162. The number of nitrogens with one attached hydrogen (secondary N) is 1. The number of ether oxygens (including phenoxy) is 1. The van der Waals surface area contributed by atoms with E-state index in [9.17, 15) is 22.3 Å². The molecule has 170 valence electrons. The maximum atomic E-state index is 13.6. The third-order valence-corrected chi connectivity index (χ3v) is 8.76. The first-order chi connectivity index (χ1) is 15.0. The van der Waals surface area contributed by atoms with Crippen molar-refractivity contribution in [3.05, 3.63) is 52.8 Å². The summed E-state index contributed by atoms with van der Waals surface area (Å²) in [5, 5.41) is 9.59. The summed E-state index contributed by atoms with van der Waals surface area (Å²) < 4.78 is 64.0. The number of halogens is 2. The molecule has 8 nitrogen and oxygen atoms in total. The number of hydrogen-bond donors (Lipinski definition) is 2. The van der Waals surface area contributed by atoms with Gasteiger partial charge in [0.2, 0.25) is 0 Å². The monoisotopic (exact) mass is 518 g/mol. The van der Waals surface area contributed by atoms with Gasteiger partial charge in [0.05, 0.1) is 21.9 Å². The van der Waals surface area contributed by atoms with Gasteiger partial charge >= 0.3 is 7.60 Å². The molecular formula is C19H17ClFN2O6PS2. The third-order valence-electron chi connectivity index (χ3n) is 4.02. The van der Waals surface area contributed by atoms with Crippen LogP contribution in [0.3, 0.4) is 0 Å². The molecular weight excluding hydrogens is 502 g/mol. The molecule has 3 rings (SSSR count). The van der Waals surface area contributed by atoms with E-state index in [2.05, 4.69) is 0 Å². The molecule has 1 heterocycles. The van der Waals surface area contributed by atoms with Crippen LogP contribution in [0.25, 0.3) is 10.1 Å². The lowest BCUT2D eigenvalue weighted by molar-refractivity contribution is 0.318. The van der Waals surface area contributed by atoms with Crippen LogP contribution >= 0.6 is 30.5 Å². The molecule has 0 saturated carbocycles. The minimum Gasteiger partial charge on any atom is -0.494 e. The maximum absolute atomic E-state index is 13.6. The Hall–Kier alpha value is -2.19. The summed E-state index contributed by atoms with van der Waals surface area (Å²) in [6, 6.07) is 9.21. The molecule has 1 unspecified atom stereocenters. The molecule has 0 aliphatic carbocycles. The van der Waals surface area contributed by atoms with Crippen LogP contribution in [0.2, 0.25) is 5.02 Å². The summed E-state index contributed by atoms with van der Waals surface area (Å²) in [5.74, 6) is -0.753. The normalized spacial score (nSPS) is 13.5. The number of hydrogen-bond acceptors (Lipinski definition) is 7. The van der Waals surface area contributed by atoms with Gasteiger partial charge in [-0.05, 0) is 36.1 Å². The van der Waals surface area contributed by atoms with Crippen molar-refractivity contribution >= 4 is 50.6 Å². The van der Waals surface area contributed by atoms with Crippen molar-refractivity contribution in [2.24, 2.45) is 0 Å². The first kappa shape index (κ1) is 24.5. The van der Waals surface area contributed by atoms with Crippen molar-refractivity contribution in [1.29, 1.82) is 5.26 Å². The second kappa shape index (κ2) is 9.75. The Bertz CT molecular complexity index is 1360. The highest BCUT2D eigenvalue weighted by Crippen LogP contribution is 2.43. The van der Waals surface area contributed by atoms with E-state index in [1.807, 2.05) is 11.6 Å². The van der Waals surface area contributed by atoms with Gasteiger partial charge in [0.15, 0.2) is 0 Å². The summed E-state index contributed by atoms with van der Waals surface area (Å²) in [4.78, 5) is 9.98. The second-order valence-corrected chi connectivity index (χ2v) is 11.8. The molecule has 2 aromatic carbocycles. The predicted octanol–water partition coefficient (Wildman–Crippen LogP) is 4.85. The Morgan fingerprint density at radius 2 is 2.03 bits per heavy atom. The molecule has 0 fully saturated rings. The van der Waals surface area contributed by atoms with E-state index < -0.39 is 29.7 Å². The molecule has 13 heteroatoms. The van der Waals surface area contributed by atoms with E-state index in [0.29, 0.717) is 27.5 Å². The molecule has 0 amide bonds. The van der Waals surface area contributed by atoms with Crippen molar-refractivity contribution in [1.82, 2.24) is 4.72 Å². The van der Waals surface area contributed by atoms with E-state index in [-0.39, 0.29) is 15.5 Å². The van der Waals surface area contributed by atoms with E-state index in [0.717, 1.165) is 36.0 Å². The molecule has 3 aromatic rings. The third kappa shape index (κ3) is 5.78. The topological polar surface area (TPSA) is 126 Å². The van der Waals surface area contributed by atoms with E-state index >= 15 is 0 Å². The van der Waals surface area contributed by atoms with Gasteiger partial charge in [-0.25, -0.2) is 17.4 Å². The lowest BCUT2D eigenvalue weighted by Gasteiger charge is -2.14. The number of nitrogens with zero attached hydrogens (tertiary/aromatic N) is 1. The summed E-state index contributed by atoms with van der Waals surface area (Å²) >= 11 is 7.13. The summed E-state index contributed by atoms with van der Waals surface area (Å²) in [7, 11) is -8.69. The minimum absolute atomic E-state index is 0.119. The van der Waals surface area contributed by atoms with E-state index in [1.165, 1.54) is 6.07 Å². The molecule has 0 radical (unpaired) electrons. The maximum Gasteiger partial charge on any atom is 0.391 e. The van der Waals surface area contributed by atoms with Crippen molar-refractivity contribution in [2.45, 2.75) is 17.6 Å². The average molecular weight is 519 g/mol. The Morgan fingerprint density at radius 1 is 1.28 bits per heavy atom. The van der Waals surface area contributed by atoms with Gasteiger partial charge in [0.25, 0.3) is 10.0 Å². The molecule has 1 aromatic heterocycles. The van der Waals surface area contributed by atoms with Crippen molar-refractivity contribution in [3.8, 4) is 17.6 Å². The largest absolute Gasteiger partial charge is 0.494 e. The molecule has 0 saturated heterocycles. The van der Waals surface area contributed by atoms with E-state index in [4.69, 9.17) is 26.1 Å². The Balaban J connectivity index is 1.76. The van der Waals surface area contributed by atoms with Gasteiger partial charge in [0, 0.05) is 12.1 Å². The van der Waals surface area contributed by atoms with Crippen molar-refractivity contribution < 1.29 is 31.5 Å². The van der Waals surface area contributed by atoms with Crippen LogP contribution in [-0.2, 0) is 14.6 Å². The highest BCUT2D eigenvalue weighted by atomic mass is 35.5. The van der Waals surface area contributed by atoms with Crippen LogP contribution in [0.5, 0.6) is 11.5 Å². The van der Waals surface area contributed by atoms with Crippen LogP contribution in [0, 0.1) is 17.1 Å². The van der Waals surface area contributed by atoms with Gasteiger partial charge in [-0.3, -0.25) is 0 Å². The fourth-order valence-electron chi connectivity index (χ4n) is 2.57. The van der Waals surface area contributed by atoms with Crippen LogP contribution < -0.4 is 14.0 Å². The first-order valence-electron chi connectivity index (χ1n) is 9.11. The second-order valence-electron chi connectivity index (χ2n) is 6.53. The average Bonchev–Trinajstić information content (AvgIpc) is 3.17. The standard InChI is InChI=1S/C19H17ClFN2O6PS2/c1-2-5-28-15-6-13-7-18(31-19(13)16(20)8-15)32(26,27)23-11-30(24,25)29-14-4-3-12(10-22)17(21)9-14/h3-4,6-9,23H,2,5,11H2,1H3,(H,24,25). The minimum atomic E-state index is -4.52. The van der Waals surface area contributed by atoms with Crippen LogP contribution in [0.15, 0.2) is 40.6 Å². The molecule has 0 spiro atoms. The molecule has 0 aliphatic heterocycles. The number of thiophene rings is 1. The van der Waals surface area contributed by atoms with Crippen LogP contribution in [0.1, 0.15) is 18.9 Å². The first-order valence-corrected chi connectivity index (χ1v) is 13.6. The highest BCUT2D eigenvalue weighted by Gasteiger charge is 2.27. The zero-order valence-corrected chi connectivity index (χ0v) is 19.8. The van der Waals surface area contributed by atoms with Gasteiger partial charge in [-0.2, -0.15) is 9.98 Å². The lowest BCUT2D eigenvalue weighted by atomic mass is 10.2. The smallest absolute Gasteiger partial charge is 0.391 e. The molecule has 0 bridgehead atoms. The zero-order valence-electron chi connectivity index (χ0n) is 16.5. The number of nitriles is 1. The van der Waals surface area contributed by atoms with Gasteiger partial charge in [-0.1, -0.05) is 18.5 Å². The number of fused-ring (bicyclic) bond motifs is 1. The summed E-state index contributed by atoms with van der Waals surface area (Å²) in [5.41, 5.74) is -0.266. The fraction of sp³-hybridized carbons (Fsp3) is 0.211. The van der Waals surface area contributed by atoms with Gasteiger partial charge in [-0.15, -0.1) is 11.3 Å². The Kier molecular flexibility index (Phi) is 7.45. The lowest BCUT2D eigenvalue weighted by Crippen LogP contribution is -2.25.